The Morgan fingerprint density at radius 2 is 1.18 bits per heavy atom. The van der Waals surface area contributed by atoms with Crippen LogP contribution in [0.25, 0.3) is 0 Å². The zero-order valence-electron chi connectivity index (χ0n) is 14.7. The number of hydrogen-bond donors (Lipinski definition) is 0. The molecule has 0 aliphatic heterocycles. The summed E-state index contributed by atoms with van der Waals surface area (Å²) in [4.78, 5) is 0. The van der Waals surface area contributed by atoms with Crippen molar-refractivity contribution in [2.45, 2.75) is 90.4 Å². The van der Waals surface area contributed by atoms with Crippen molar-refractivity contribution in [3.8, 4) is 0 Å². The minimum atomic E-state index is 1.21. The van der Waals surface area contributed by atoms with Gasteiger partial charge in [-0.15, -0.1) is 0 Å². The maximum absolute atomic E-state index is 2.40. The molecular formula is C22H36. The molecule has 0 amide bonds. The van der Waals surface area contributed by atoms with E-state index in [1.807, 2.05) is 0 Å². The Balaban J connectivity index is 1.80. The van der Waals surface area contributed by atoms with Gasteiger partial charge in [0.25, 0.3) is 0 Å². The van der Waals surface area contributed by atoms with Gasteiger partial charge in [-0.05, 0) is 37.7 Å². The van der Waals surface area contributed by atoms with Crippen molar-refractivity contribution in [1.29, 1.82) is 0 Å². The van der Waals surface area contributed by atoms with Gasteiger partial charge in [-0.3, -0.25) is 0 Å². The number of aryl methyl sites for hydroxylation is 1. The maximum Gasteiger partial charge on any atom is -0.0276 e. The molecule has 0 aliphatic rings. The van der Waals surface area contributed by atoms with Gasteiger partial charge < -0.3 is 0 Å². The standard InChI is InChI=1S/C22H36/c1-2-3-4-5-6-7-8-9-10-11-12-13-14-16-19-22-20-17-15-18-21-22/h12-13,15,17-18,20-21H,2-11,14,16,19H2,1H3. The van der Waals surface area contributed by atoms with E-state index < -0.39 is 0 Å². The molecule has 0 aromatic heterocycles. The van der Waals surface area contributed by atoms with Crippen molar-refractivity contribution in [2.24, 2.45) is 0 Å². The van der Waals surface area contributed by atoms with Crippen molar-refractivity contribution < 1.29 is 0 Å². The van der Waals surface area contributed by atoms with E-state index in [2.05, 4.69) is 49.4 Å². The van der Waals surface area contributed by atoms with E-state index in [1.165, 1.54) is 89.0 Å². The zero-order valence-corrected chi connectivity index (χ0v) is 14.7. The van der Waals surface area contributed by atoms with Crippen LogP contribution >= 0.6 is 0 Å². The van der Waals surface area contributed by atoms with Crippen molar-refractivity contribution in [1.82, 2.24) is 0 Å². The highest BCUT2D eigenvalue weighted by atomic mass is 14.0. The Hall–Kier alpha value is -1.04. The molecule has 0 saturated heterocycles. The monoisotopic (exact) mass is 300 g/mol. The second-order valence-electron chi connectivity index (χ2n) is 6.47. The van der Waals surface area contributed by atoms with Crippen LogP contribution in [0, 0.1) is 0 Å². The van der Waals surface area contributed by atoms with E-state index in [9.17, 15) is 0 Å². The number of hydrogen-bond acceptors (Lipinski definition) is 0. The first-order valence-corrected chi connectivity index (χ1v) is 9.62. The van der Waals surface area contributed by atoms with Gasteiger partial charge in [0.1, 0.15) is 0 Å². The first kappa shape index (κ1) is 19.0. The Morgan fingerprint density at radius 3 is 1.82 bits per heavy atom. The predicted octanol–water partition coefficient (Wildman–Crippen LogP) is 7.49. The first-order chi connectivity index (χ1) is 10.9. The van der Waals surface area contributed by atoms with E-state index in [0.717, 1.165) is 0 Å². The fraction of sp³-hybridized carbons (Fsp3) is 0.636. The summed E-state index contributed by atoms with van der Waals surface area (Å²) in [7, 11) is 0. The molecule has 0 unspecified atom stereocenters. The molecule has 0 aliphatic carbocycles. The molecule has 0 fully saturated rings. The minimum absolute atomic E-state index is 1.21. The van der Waals surface area contributed by atoms with E-state index in [4.69, 9.17) is 0 Å². The Bertz CT molecular complexity index is 350. The van der Waals surface area contributed by atoms with Gasteiger partial charge in [-0.2, -0.15) is 0 Å². The molecular weight excluding hydrogens is 264 g/mol. The van der Waals surface area contributed by atoms with Crippen molar-refractivity contribution in [2.75, 3.05) is 0 Å². The summed E-state index contributed by atoms with van der Waals surface area (Å²) in [6.45, 7) is 2.29. The van der Waals surface area contributed by atoms with Crippen molar-refractivity contribution in [3.63, 3.8) is 0 Å². The molecule has 0 heterocycles. The predicted molar refractivity (Wildman–Crippen MR) is 100 cm³/mol. The fourth-order valence-electron chi connectivity index (χ4n) is 2.88. The van der Waals surface area contributed by atoms with Gasteiger partial charge in [0.15, 0.2) is 0 Å². The molecule has 0 spiro atoms. The summed E-state index contributed by atoms with van der Waals surface area (Å²) in [5, 5.41) is 0. The van der Waals surface area contributed by atoms with E-state index in [0.29, 0.717) is 0 Å². The molecule has 0 radical (unpaired) electrons. The molecule has 0 bridgehead atoms. The van der Waals surface area contributed by atoms with Crippen LogP contribution in [0.4, 0.5) is 0 Å². The third-order valence-electron chi connectivity index (χ3n) is 4.32. The second-order valence-corrected chi connectivity index (χ2v) is 6.47. The summed E-state index contributed by atoms with van der Waals surface area (Å²) >= 11 is 0. The SMILES string of the molecule is CCCCCCCCCCCC=CCCCc1ccccc1. The van der Waals surface area contributed by atoms with Crippen LogP contribution in [0.1, 0.15) is 89.5 Å². The van der Waals surface area contributed by atoms with Crippen molar-refractivity contribution in [3.05, 3.63) is 48.0 Å². The molecule has 1 rings (SSSR count). The Kier molecular flexibility index (Phi) is 12.9. The maximum atomic E-state index is 2.40. The molecule has 0 atom stereocenters. The molecule has 1 aromatic carbocycles. The molecule has 124 valence electrons. The first-order valence-electron chi connectivity index (χ1n) is 9.62. The fourth-order valence-corrected chi connectivity index (χ4v) is 2.88. The molecule has 0 nitrogen and oxygen atoms in total. The zero-order chi connectivity index (χ0) is 15.7. The number of benzene rings is 1. The number of unbranched alkanes of at least 4 members (excludes halogenated alkanes) is 10. The highest BCUT2D eigenvalue weighted by molar-refractivity contribution is 5.14. The lowest BCUT2D eigenvalue weighted by molar-refractivity contribution is 0.566. The molecule has 0 heteroatoms. The second kappa shape index (κ2) is 14.9. The average molecular weight is 301 g/mol. The lowest BCUT2D eigenvalue weighted by atomic mass is 10.1. The molecule has 22 heavy (non-hydrogen) atoms. The van der Waals surface area contributed by atoms with Gasteiger partial charge >= 0.3 is 0 Å². The quantitative estimate of drug-likeness (QED) is 0.247. The third-order valence-corrected chi connectivity index (χ3v) is 4.32. The van der Waals surface area contributed by atoms with Crippen LogP contribution in [0.3, 0.4) is 0 Å². The van der Waals surface area contributed by atoms with Crippen LogP contribution < -0.4 is 0 Å². The summed E-state index contributed by atoms with van der Waals surface area (Å²) in [6.07, 6.45) is 22.6. The summed E-state index contributed by atoms with van der Waals surface area (Å²) in [5.74, 6) is 0. The molecule has 0 saturated carbocycles. The Morgan fingerprint density at radius 1 is 0.636 bits per heavy atom. The van der Waals surface area contributed by atoms with Gasteiger partial charge in [-0.1, -0.05) is 101 Å². The minimum Gasteiger partial charge on any atom is -0.0885 e. The Labute approximate surface area is 139 Å². The van der Waals surface area contributed by atoms with Gasteiger partial charge in [0.05, 0.1) is 0 Å². The van der Waals surface area contributed by atoms with Gasteiger partial charge in [-0.25, -0.2) is 0 Å². The number of rotatable bonds is 14. The van der Waals surface area contributed by atoms with Crippen LogP contribution in [-0.2, 0) is 6.42 Å². The smallest absolute Gasteiger partial charge is 0.0276 e. The van der Waals surface area contributed by atoms with Crippen LogP contribution in [0.2, 0.25) is 0 Å². The lowest BCUT2D eigenvalue weighted by Gasteiger charge is -2.00. The highest BCUT2D eigenvalue weighted by Gasteiger charge is 1.92. The largest absolute Gasteiger partial charge is 0.0885 e. The third kappa shape index (κ3) is 11.6. The van der Waals surface area contributed by atoms with Gasteiger partial charge in [0.2, 0.25) is 0 Å². The summed E-state index contributed by atoms with van der Waals surface area (Å²) in [5.41, 5.74) is 1.47. The highest BCUT2D eigenvalue weighted by Crippen LogP contribution is 2.11. The summed E-state index contributed by atoms with van der Waals surface area (Å²) < 4.78 is 0. The van der Waals surface area contributed by atoms with Crippen LogP contribution in [0.15, 0.2) is 42.5 Å². The van der Waals surface area contributed by atoms with Crippen LogP contribution in [-0.4, -0.2) is 0 Å². The van der Waals surface area contributed by atoms with Crippen molar-refractivity contribution >= 4 is 0 Å². The van der Waals surface area contributed by atoms with Gasteiger partial charge in [0, 0.05) is 0 Å². The topological polar surface area (TPSA) is 0 Å². The van der Waals surface area contributed by atoms with E-state index >= 15 is 0 Å². The van der Waals surface area contributed by atoms with E-state index in [-0.39, 0.29) is 0 Å². The summed E-state index contributed by atoms with van der Waals surface area (Å²) in [6, 6.07) is 10.8. The molecule has 1 aromatic rings. The number of allylic oxidation sites excluding steroid dienone is 2. The normalized spacial score (nSPS) is 11.3. The lowest BCUT2D eigenvalue weighted by Crippen LogP contribution is -1.83. The average Bonchev–Trinajstić information content (AvgIpc) is 2.56. The van der Waals surface area contributed by atoms with Crippen LogP contribution in [0.5, 0.6) is 0 Å². The molecule has 0 N–H and O–H groups in total. The van der Waals surface area contributed by atoms with E-state index in [1.54, 1.807) is 0 Å².